The number of aromatic nitrogens is 3. The first kappa shape index (κ1) is 37.7. The summed E-state index contributed by atoms with van der Waals surface area (Å²) >= 11 is 0. The van der Waals surface area contributed by atoms with Crippen molar-refractivity contribution < 1.29 is 41.4 Å². The molecule has 0 saturated carbocycles. The number of alkyl halides is 2. The number of nitrogens with zero attached hydrogens (tertiary/aromatic N) is 4. The molecule has 11 nitrogen and oxygen atoms in total. The number of ether oxygens (including phenoxy) is 3. The van der Waals surface area contributed by atoms with Crippen LogP contribution >= 0.6 is 0 Å². The number of nitrogens with one attached hydrogen (secondary N) is 1. The van der Waals surface area contributed by atoms with Crippen LogP contribution in [-0.2, 0) is 4.74 Å². The highest BCUT2D eigenvalue weighted by Gasteiger charge is 2.30. The van der Waals surface area contributed by atoms with Crippen molar-refractivity contribution >= 4 is 23.4 Å². The normalized spacial score (nSPS) is 13.6. The van der Waals surface area contributed by atoms with Crippen molar-refractivity contribution in [1.29, 1.82) is 0 Å². The first-order valence-electron chi connectivity index (χ1n) is 16.5. The lowest BCUT2D eigenvalue weighted by Crippen LogP contribution is -2.41. The molecule has 15 heteroatoms. The topological polar surface area (TPSA) is 134 Å². The molecule has 0 aliphatic carbocycles. The third-order valence-corrected chi connectivity index (χ3v) is 8.33. The lowest BCUT2D eigenvalue weighted by atomic mass is 9.87. The molecule has 2 aromatic carbocycles. The molecular formula is C37H40F4N6O5. The van der Waals surface area contributed by atoms with Gasteiger partial charge in [0.15, 0.2) is 11.6 Å². The molecule has 2 aromatic heterocycles. The molecular weight excluding hydrogens is 684 g/mol. The predicted octanol–water partition coefficient (Wildman–Crippen LogP) is 8.10. The third kappa shape index (κ3) is 8.64. The molecule has 0 radical (unpaired) electrons. The highest BCUT2D eigenvalue weighted by molar-refractivity contribution is 6.12. The Morgan fingerprint density at radius 1 is 1.06 bits per heavy atom. The standard InChI is InChI=1S/C37H40F4N6O5/c1-20-14-30(50-19-31(40)41)24(23-10-12-46(13-11-23)36(49)52-37(4,5)6)16-28(20)45-22(3)33(48)25-17-44-47(35(25)42)29-18-43-32(15-21(29)2)51-34-26(38)8-7-9-27(34)39/h7-9,14-18,23,31,45H,3,10-13,19,42H2,1-2,4-6H3. The van der Waals surface area contributed by atoms with Gasteiger partial charge in [0.05, 0.1) is 29.3 Å². The van der Waals surface area contributed by atoms with E-state index in [4.69, 9.17) is 19.9 Å². The quantitative estimate of drug-likeness (QED) is 0.0894. The molecule has 1 saturated heterocycles. The lowest BCUT2D eigenvalue weighted by Gasteiger charge is -2.34. The number of carbonyl (C=O) groups excluding carboxylic acids is 2. The van der Waals surface area contributed by atoms with E-state index < -0.39 is 47.9 Å². The molecule has 0 bridgehead atoms. The summed E-state index contributed by atoms with van der Waals surface area (Å²) in [6.45, 7) is 12.7. The van der Waals surface area contributed by atoms with Gasteiger partial charge >= 0.3 is 6.09 Å². The molecule has 0 atom stereocenters. The summed E-state index contributed by atoms with van der Waals surface area (Å²) in [6, 6.07) is 8.17. The number of rotatable bonds is 11. The Morgan fingerprint density at radius 3 is 2.35 bits per heavy atom. The largest absolute Gasteiger partial charge is 0.487 e. The van der Waals surface area contributed by atoms with Crippen LogP contribution in [0.25, 0.3) is 5.69 Å². The van der Waals surface area contributed by atoms with Crippen molar-refractivity contribution in [1.82, 2.24) is 19.7 Å². The van der Waals surface area contributed by atoms with E-state index in [1.54, 1.807) is 51.7 Å². The van der Waals surface area contributed by atoms with Gasteiger partial charge in [-0.3, -0.25) is 4.79 Å². The number of hydrogen-bond donors (Lipinski definition) is 2. The number of allylic oxidation sites excluding steroid dienone is 1. The van der Waals surface area contributed by atoms with Crippen LogP contribution < -0.4 is 20.5 Å². The van der Waals surface area contributed by atoms with E-state index in [1.807, 2.05) is 0 Å². The second kappa shape index (κ2) is 15.3. The van der Waals surface area contributed by atoms with Crippen molar-refractivity contribution in [2.75, 3.05) is 30.7 Å². The summed E-state index contributed by atoms with van der Waals surface area (Å²) in [5.41, 5.74) is 8.40. The maximum Gasteiger partial charge on any atom is 0.410 e. The van der Waals surface area contributed by atoms with Crippen molar-refractivity contribution in [2.24, 2.45) is 0 Å². The first-order chi connectivity index (χ1) is 24.5. The highest BCUT2D eigenvalue weighted by atomic mass is 19.3. The maximum absolute atomic E-state index is 14.1. The van der Waals surface area contributed by atoms with E-state index in [-0.39, 0.29) is 28.9 Å². The number of aryl methyl sites for hydroxylation is 2. The van der Waals surface area contributed by atoms with Gasteiger partial charge in [-0.25, -0.2) is 32.0 Å². The van der Waals surface area contributed by atoms with Gasteiger partial charge in [0, 0.05) is 24.8 Å². The minimum Gasteiger partial charge on any atom is -0.487 e. The van der Waals surface area contributed by atoms with E-state index in [2.05, 4.69) is 22.0 Å². The molecule has 3 N–H and O–H groups in total. The zero-order valence-corrected chi connectivity index (χ0v) is 29.4. The Hall–Kier alpha value is -5.60. The monoisotopic (exact) mass is 724 g/mol. The number of halogens is 4. The molecule has 4 aromatic rings. The summed E-state index contributed by atoms with van der Waals surface area (Å²) in [4.78, 5) is 32.0. The zero-order valence-electron chi connectivity index (χ0n) is 29.4. The second-order valence-corrected chi connectivity index (χ2v) is 13.4. The summed E-state index contributed by atoms with van der Waals surface area (Å²) in [5.74, 6) is -2.87. The average molecular weight is 725 g/mol. The van der Waals surface area contributed by atoms with E-state index in [9.17, 15) is 27.2 Å². The van der Waals surface area contributed by atoms with E-state index in [0.717, 1.165) is 12.1 Å². The number of ketones is 1. The SMILES string of the molecule is C=C(Nc1cc(C2CCN(C(=O)OC(C)(C)C)CC2)c(OCC(F)F)cc1C)C(=O)c1cnn(-c2cnc(Oc3c(F)cccc3F)cc2C)c1N. The van der Waals surface area contributed by atoms with Gasteiger partial charge in [-0.05, 0) is 94.3 Å². The predicted molar refractivity (Wildman–Crippen MR) is 186 cm³/mol. The number of nitrogen functional groups attached to an aromatic ring is 1. The van der Waals surface area contributed by atoms with Gasteiger partial charge in [0.2, 0.25) is 17.4 Å². The van der Waals surface area contributed by atoms with E-state index >= 15 is 0 Å². The molecule has 3 heterocycles. The molecule has 276 valence electrons. The van der Waals surface area contributed by atoms with Gasteiger partial charge in [-0.2, -0.15) is 5.10 Å². The van der Waals surface area contributed by atoms with Crippen molar-refractivity contribution in [3.63, 3.8) is 0 Å². The van der Waals surface area contributed by atoms with E-state index in [0.29, 0.717) is 59.7 Å². The fraction of sp³-hybridized carbons (Fsp3) is 0.351. The number of Topliss-reactive ketones (excluding diaryl/α,β-unsaturated/α-hetero) is 1. The Bertz CT molecular complexity index is 1970. The number of amides is 1. The average Bonchev–Trinajstić information content (AvgIpc) is 3.45. The van der Waals surface area contributed by atoms with Gasteiger partial charge in [-0.15, -0.1) is 0 Å². The maximum atomic E-state index is 14.1. The number of nitrogens with two attached hydrogens (primary N) is 1. The van der Waals surface area contributed by atoms with Gasteiger partial charge in [0.25, 0.3) is 6.43 Å². The number of hydrogen-bond acceptors (Lipinski definition) is 9. The van der Waals surface area contributed by atoms with Gasteiger partial charge in [-0.1, -0.05) is 12.6 Å². The minimum absolute atomic E-state index is 0.0171. The number of likely N-dealkylation sites (tertiary alicyclic amines) is 1. The van der Waals surface area contributed by atoms with Crippen molar-refractivity contribution in [3.8, 4) is 23.1 Å². The fourth-order valence-electron chi connectivity index (χ4n) is 5.72. The number of anilines is 2. The van der Waals surface area contributed by atoms with Gasteiger partial charge in [0.1, 0.15) is 23.8 Å². The molecule has 52 heavy (non-hydrogen) atoms. The van der Waals surface area contributed by atoms with Crippen molar-refractivity contribution in [3.05, 3.63) is 95.0 Å². The van der Waals surface area contributed by atoms with Crippen LogP contribution in [0.5, 0.6) is 17.4 Å². The summed E-state index contributed by atoms with van der Waals surface area (Å²) < 4.78 is 72.1. The summed E-state index contributed by atoms with van der Waals surface area (Å²) in [5, 5.41) is 7.31. The van der Waals surface area contributed by atoms with Crippen LogP contribution in [-0.4, -0.2) is 63.3 Å². The molecule has 1 aliphatic rings. The number of benzene rings is 2. The highest BCUT2D eigenvalue weighted by Crippen LogP contribution is 2.39. The Labute approximate surface area is 298 Å². The second-order valence-electron chi connectivity index (χ2n) is 13.4. The smallest absolute Gasteiger partial charge is 0.410 e. The number of piperidine rings is 1. The number of para-hydroxylation sites is 1. The molecule has 0 unspecified atom stereocenters. The minimum atomic E-state index is -2.68. The fourth-order valence-corrected chi connectivity index (χ4v) is 5.72. The summed E-state index contributed by atoms with van der Waals surface area (Å²) in [7, 11) is 0. The van der Waals surface area contributed by atoms with Crippen LogP contribution in [0.15, 0.2) is 61.1 Å². The molecule has 1 aliphatic heterocycles. The molecule has 1 fully saturated rings. The number of carbonyl (C=O) groups is 2. The lowest BCUT2D eigenvalue weighted by molar-refractivity contribution is 0.0203. The van der Waals surface area contributed by atoms with Crippen LogP contribution in [0.4, 0.5) is 33.9 Å². The zero-order chi connectivity index (χ0) is 37.9. The van der Waals surface area contributed by atoms with Crippen LogP contribution in [0.1, 0.15) is 66.6 Å². The Kier molecular flexibility index (Phi) is 11.1. The number of pyridine rings is 1. The van der Waals surface area contributed by atoms with Gasteiger partial charge < -0.3 is 30.2 Å². The van der Waals surface area contributed by atoms with E-state index in [1.165, 1.54) is 29.2 Å². The van der Waals surface area contributed by atoms with Crippen LogP contribution in [0, 0.1) is 25.5 Å². The molecule has 1 amide bonds. The Morgan fingerprint density at radius 2 is 1.73 bits per heavy atom. The molecule has 0 spiro atoms. The Balaban J connectivity index is 1.33. The van der Waals surface area contributed by atoms with Crippen molar-refractivity contribution in [2.45, 2.75) is 65.4 Å². The molecule has 5 rings (SSSR count). The van der Waals surface area contributed by atoms with Crippen LogP contribution in [0.2, 0.25) is 0 Å². The van der Waals surface area contributed by atoms with Crippen LogP contribution in [0.3, 0.4) is 0 Å². The first-order valence-corrected chi connectivity index (χ1v) is 16.5. The summed E-state index contributed by atoms with van der Waals surface area (Å²) in [6.07, 6.45) is 0.583. The third-order valence-electron chi connectivity index (χ3n) is 8.33.